The van der Waals surface area contributed by atoms with Crippen molar-refractivity contribution in [3.63, 3.8) is 0 Å². The fourth-order valence-electron chi connectivity index (χ4n) is 2.87. The summed E-state index contributed by atoms with van der Waals surface area (Å²) in [6.45, 7) is 6.20. The SMILES string of the molecule is CCN(CC)c1ccc(NC(=O)CC(=O)Nc2ccc3c(c2)OCO3)cc1. The predicted molar refractivity (Wildman–Crippen MR) is 104 cm³/mol. The number of carbonyl (C=O) groups excluding carboxylic acids is 2. The van der Waals surface area contributed by atoms with E-state index in [4.69, 9.17) is 9.47 Å². The highest BCUT2D eigenvalue weighted by atomic mass is 16.7. The quantitative estimate of drug-likeness (QED) is 0.733. The third-order valence-electron chi connectivity index (χ3n) is 4.26. The molecule has 0 radical (unpaired) electrons. The Morgan fingerprint density at radius 3 is 2.15 bits per heavy atom. The van der Waals surface area contributed by atoms with Gasteiger partial charge in [-0.25, -0.2) is 0 Å². The van der Waals surface area contributed by atoms with Crippen LogP contribution in [0.4, 0.5) is 17.1 Å². The van der Waals surface area contributed by atoms with Crippen molar-refractivity contribution in [1.82, 2.24) is 0 Å². The number of amides is 2. The first-order valence-corrected chi connectivity index (χ1v) is 8.93. The van der Waals surface area contributed by atoms with Crippen LogP contribution in [0, 0.1) is 0 Å². The molecule has 0 unspecified atom stereocenters. The van der Waals surface area contributed by atoms with E-state index in [1.165, 1.54) is 0 Å². The van der Waals surface area contributed by atoms with Crippen LogP contribution in [0.1, 0.15) is 20.3 Å². The number of fused-ring (bicyclic) bond motifs is 1. The van der Waals surface area contributed by atoms with Gasteiger partial charge >= 0.3 is 0 Å². The summed E-state index contributed by atoms with van der Waals surface area (Å²) >= 11 is 0. The van der Waals surface area contributed by atoms with Gasteiger partial charge in [-0.2, -0.15) is 0 Å². The zero-order chi connectivity index (χ0) is 19.2. The van der Waals surface area contributed by atoms with E-state index in [0.29, 0.717) is 22.9 Å². The summed E-state index contributed by atoms with van der Waals surface area (Å²) in [6, 6.07) is 12.7. The van der Waals surface area contributed by atoms with E-state index < -0.39 is 5.91 Å². The summed E-state index contributed by atoms with van der Waals surface area (Å²) in [5.74, 6) is 0.444. The summed E-state index contributed by atoms with van der Waals surface area (Å²) < 4.78 is 10.5. The number of rotatable bonds is 7. The molecule has 0 saturated heterocycles. The number of nitrogens with one attached hydrogen (secondary N) is 2. The lowest BCUT2D eigenvalue weighted by Crippen LogP contribution is -2.22. The molecule has 7 nitrogen and oxygen atoms in total. The molecule has 3 rings (SSSR count). The normalized spacial score (nSPS) is 11.8. The molecule has 2 aromatic rings. The smallest absolute Gasteiger partial charge is 0.233 e. The number of hydrogen-bond acceptors (Lipinski definition) is 5. The highest BCUT2D eigenvalue weighted by Crippen LogP contribution is 2.34. The number of ether oxygens (including phenoxy) is 2. The molecule has 1 aliphatic rings. The molecule has 2 amide bonds. The summed E-state index contributed by atoms with van der Waals surface area (Å²) in [4.78, 5) is 26.4. The summed E-state index contributed by atoms with van der Waals surface area (Å²) in [7, 11) is 0. The van der Waals surface area contributed by atoms with Crippen LogP contribution in [-0.4, -0.2) is 31.7 Å². The van der Waals surface area contributed by atoms with Gasteiger partial charge in [-0.3, -0.25) is 9.59 Å². The van der Waals surface area contributed by atoms with E-state index in [0.717, 1.165) is 18.8 Å². The molecule has 142 valence electrons. The third kappa shape index (κ3) is 4.69. The first-order valence-electron chi connectivity index (χ1n) is 8.93. The van der Waals surface area contributed by atoms with E-state index in [1.54, 1.807) is 18.2 Å². The number of benzene rings is 2. The topological polar surface area (TPSA) is 79.9 Å². The van der Waals surface area contributed by atoms with Crippen molar-refractivity contribution in [2.24, 2.45) is 0 Å². The molecule has 1 aliphatic heterocycles. The molecule has 0 bridgehead atoms. The van der Waals surface area contributed by atoms with E-state index in [1.807, 2.05) is 24.3 Å². The molecule has 0 saturated carbocycles. The fraction of sp³-hybridized carbons (Fsp3) is 0.300. The van der Waals surface area contributed by atoms with Crippen molar-refractivity contribution < 1.29 is 19.1 Å². The number of carbonyl (C=O) groups is 2. The minimum Gasteiger partial charge on any atom is -0.454 e. The Morgan fingerprint density at radius 2 is 1.48 bits per heavy atom. The lowest BCUT2D eigenvalue weighted by atomic mass is 10.2. The Morgan fingerprint density at radius 1 is 0.889 bits per heavy atom. The van der Waals surface area contributed by atoms with Gasteiger partial charge in [-0.15, -0.1) is 0 Å². The van der Waals surface area contributed by atoms with Crippen LogP contribution in [0.2, 0.25) is 0 Å². The second-order valence-electron chi connectivity index (χ2n) is 6.06. The molecular weight excluding hydrogens is 346 g/mol. The zero-order valence-electron chi connectivity index (χ0n) is 15.5. The Bertz CT molecular complexity index is 816. The molecule has 0 spiro atoms. The average molecular weight is 369 g/mol. The van der Waals surface area contributed by atoms with Gasteiger partial charge in [0.1, 0.15) is 6.42 Å². The molecule has 27 heavy (non-hydrogen) atoms. The molecule has 7 heteroatoms. The van der Waals surface area contributed by atoms with Crippen molar-refractivity contribution in [2.45, 2.75) is 20.3 Å². The van der Waals surface area contributed by atoms with Crippen LogP contribution in [-0.2, 0) is 9.59 Å². The van der Waals surface area contributed by atoms with Crippen molar-refractivity contribution in [3.8, 4) is 11.5 Å². The molecule has 0 aliphatic carbocycles. The number of anilines is 3. The van der Waals surface area contributed by atoms with Crippen LogP contribution < -0.4 is 25.0 Å². The minimum atomic E-state index is -0.397. The second-order valence-corrected chi connectivity index (χ2v) is 6.06. The lowest BCUT2D eigenvalue weighted by molar-refractivity contribution is -0.123. The van der Waals surface area contributed by atoms with Gasteiger partial charge in [0, 0.05) is 36.2 Å². The van der Waals surface area contributed by atoms with Crippen LogP contribution in [0.15, 0.2) is 42.5 Å². The molecule has 0 fully saturated rings. The van der Waals surface area contributed by atoms with Crippen molar-refractivity contribution in [1.29, 1.82) is 0 Å². The van der Waals surface area contributed by atoms with E-state index in [-0.39, 0.29) is 19.1 Å². The Labute approximate surface area is 158 Å². The Balaban J connectivity index is 1.52. The van der Waals surface area contributed by atoms with Gasteiger partial charge < -0.3 is 25.0 Å². The molecule has 2 aromatic carbocycles. The summed E-state index contributed by atoms with van der Waals surface area (Å²) in [5, 5.41) is 5.43. The first kappa shape index (κ1) is 18.6. The van der Waals surface area contributed by atoms with Gasteiger partial charge in [-0.05, 0) is 50.2 Å². The molecule has 0 atom stereocenters. The van der Waals surface area contributed by atoms with Crippen LogP contribution in [0.25, 0.3) is 0 Å². The highest BCUT2D eigenvalue weighted by Gasteiger charge is 2.15. The van der Waals surface area contributed by atoms with Gasteiger partial charge in [0.15, 0.2) is 11.5 Å². The Kier molecular flexibility index (Phi) is 5.80. The first-order chi connectivity index (χ1) is 13.1. The predicted octanol–water partition coefficient (Wildman–Crippen LogP) is 3.23. The van der Waals surface area contributed by atoms with Crippen LogP contribution in [0.5, 0.6) is 11.5 Å². The van der Waals surface area contributed by atoms with Crippen LogP contribution in [0.3, 0.4) is 0 Å². The van der Waals surface area contributed by atoms with Gasteiger partial charge in [0.2, 0.25) is 18.6 Å². The Hall–Kier alpha value is -3.22. The van der Waals surface area contributed by atoms with E-state index >= 15 is 0 Å². The van der Waals surface area contributed by atoms with E-state index in [2.05, 4.69) is 29.4 Å². The zero-order valence-corrected chi connectivity index (χ0v) is 15.5. The molecule has 1 heterocycles. The standard InChI is InChI=1S/C20H23N3O4/c1-3-23(4-2)16-8-5-14(6-9-16)21-19(24)12-20(25)22-15-7-10-17-18(11-15)27-13-26-17/h5-11H,3-4,12-13H2,1-2H3,(H,21,24)(H,22,25). The second kappa shape index (κ2) is 8.44. The minimum absolute atomic E-state index is 0.169. The average Bonchev–Trinajstić information content (AvgIpc) is 3.11. The fourth-order valence-corrected chi connectivity index (χ4v) is 2.87. The number of nitrogens with zero attached hydrogens (tertiary/aromatic N) is 1. The van der Waals surface area contributed by atoms with Crippen molar-refractivity contribution in [2.75, 3.05) is 35.4 Å². The number of hydrogen-bond donors (Lipinski definition) is 2. The third-order valence-corrected chi connectivity index (χ3v) is 4.26. The van der Waals surface area contributed by atoms with Crippen molar-refractivity contribution >= 4 is 28.9 Å². The maximum atomic E-state index is 12.1. The molecular formula is C20H23N3O4. The van der Waals surface area contributed by atoms with Gasteiger partial charge in [0.25, 0.3) is 0 Å². The largest absolute Gasteiger partial charge is 0.454 e. The lowest BCUT2D eigenvalue weighted by Gasteiger charge is -2.21. The summed E-state index contributed by atoms with van der Waals surface area (Å²) in [6.07, 6.45) is -0.272. The van der Waals surface area contributed by atoms with E-state index in [9.17, 15) is 9.59 Å². The molecule has 2 N–H and O–H groups in total. The van der Waals surface area contributed by atoms with Gasteiger partial charge in [-0.1, -0.05) is 0 Å². The maximum absolute atomic E-state index is 12.1. The van der Waals surface area contributed by atoms with Gasteiger partial charge in [0.05, 0.1) is 0 Å². The maximum Gasteiger partial charge on any atom is 0.233 e. The molecule has 0 aromatic heterocycles. The summed E-state index contributed by atoms with van der Waals surface area (Å²) in [5.41, 5.74) is 2.31. The van der Waals surface area contributed by atoms with Crippen molar-refractivity contribution in [3.05, 3.63) is 42.5 Å². The monoisotopic (exact) mass is 369 g/mol. The highest BCUT2D eigenvalue weighted by molar-refractivity contribution is 6.08. The van der Waals surface area contributed by atoms with Crippen LogP contribution >= 0.6 is 0 Å².